The van der Waals surface area contributed by atoms with Crippen molar-refractivity contribution in [2.24, 2.45) is 0 Å². The van der Waals surface area contributed by atoms with Gasteiger partial charge in [-0.3, -0.25) is 14.9 Å². The molecule has 0 aromatic heterocycles. The van der Waals surface area contributed by atoms with E-state index in [1.807, 2.05) is 44.2 Å². The molecule has 27 heavy (non-hydrogen) atoms. The number of benzene rings is 2. The van der Waals surface area contributed by atoms with Crippen molar-refractivity contribution in [3.8, 4) is 6.07 Å². The van der Waals surface area contributed by atoms with Crippen molar-refractivity contribution in [2.45, 2.75) is 25.8 Å². The lowest BCUT2D eigenvalue weighted by atomic mass is 9.84. The van der Waals surface area contributed by atoms with E-state index in [1.54, 1.807) is 0 Å². The quantitative estimate of drug-likeness (QED) is 0.376. The average molecular weight is 362 g/mol. The molecular weight excluding hydrogens is 344 g/mol. The van der Waals surface area contributed by atoms with Crippen molar-refractivity contribution in [1.29, 1.82) is 5.26 Å². The highest BCUT2D eigenvalue weighted by atomic mass is 16.6. The van der Waals surface area contributed by atoms with Gasteiger partial charge in [-0.1, -0.05) is 30.3 Å². The van der Waals surface area contributed by atoms with Gasteiger partial charge in [0, 0.05) is 28.9 Å². The predicted molar refractivity (Wildman–Crippen MR) is 102 cm³/mol. The van der Waals surface area contributed by atoms with Gasteiger partial charge in [0.25, 0.3) is 11.6 Å². The van der Waals surface area contributed by atoms with Crippen LogP contribution in [0.15, 0.2) is 54.1 Å². The van der Waals surface area contributed by atoms with E-state index < -0.39 is 10.8 Å². The Balaban J connectivity index is 2.01. The summed E-state index contributed by atoms with van der Waals surface area (Å²) in [5, 5.41) is 26.4. The van der Waals surface area contributed by atoms with Crippen LogP contribution in [-0.4, -0.2) is 16.4 Å². The molecule has 2 N–H and O–H groups in total. The third kappa shape index (κ3) is 3.80. The number of carbonyl (C=O) groups is 1. The van der Waals surface area contributed by atoms with Crippen LogP contribution in [0.25, 0.3) is 5.70 Å². The minimum absolute atomic E-state index is 0.0678. The molecule has 0 radical (unpaired) electrons. The molecule has 1 aliphatic heterocycles. The summed E-state index contributed by atoms with van der Waals surface area (Å²) in [4.78, 5) is 23.1. The normalized spacial score (nSPS) is 16.3. The molecule has 0 unspecified atom stereocenters. The molecule has 0 aliphatic carbocycles. The van der Waals surface area contributed by atoms with E-state index >= 15 is 0 Å². The smallest absolute Gasteiger partial charge is 0.271 e. The molecule has 0 saturated heterocycles. The number of nitrogens with one attached hydrogen (secondary N) is 2. The fraction of sp³-hybridized carbons (Fsp3) is 0.200. The second kappa shape index (κ2) is 6.92. The molecular formula is C20H18N4O3. The Morgan fingerprint density at radius 1 is 1.26 bits per heavy atom. The number of hydrogen-bond donors (Lipinski definition) is 2. The zero-order valence-corrected chi connectivity index (χ0v) is 14.9. The highest BCUT2D eigenvalue weighted by molar-refractivity contribution is 6.12. The van der Waals surface area contributed by atoms with E-state index in [4.69, 9.17) is 0 Å². The maximum atomic E-state index is 12.7. The number of amides is 1. The van der Waals surface area contributed by atoms with E-state index in [0.29, 0.717) is 5.70 Å². The van der Waals surface area contributed by atoms with Gasteiger partial charge in [0.05, 0.1) is 10.6 Å². The average Bonchev–Trinajstić information content (AvgIpc) is 2.61. The molecule has 3 rings (SSSR count). The number of hydrogen-bond acceptors (Lipinski definition) is 5. The fourth-order valence-corrected chi connectivity index (χ4v) is 3.15. The number of fused-ring (bicyclic) bond motifs is 1. The Kier molecular flexibility index (Phi) is 4.65. The van der Waals surface area contributed by atoms with Crippen LogP contribution in [0.5, 0.6) is 0 Å². The Morgan fingerprint density at radius 2 is 2.00 bits per heavy atom. The zero-order valence-electron chi connectivity index (χ0n) is 14.9. The van der Waals surface area contributed by atoms with Crippen LogP contribution in [0.4, 0.5) is 11.4 Å². The van der Waals surface area contributed by atoms with Gasteiger partial charge in [0.15, 0.2) is 0 Å². The number of rotatable bonds is 3. The van der Waals surface area contributed by atoms with E-state index in [0.717, 1.165) is 17.5 Å². The van der Waals surface area contributed by atoms with Crippen LogP contribution in [0.2, 0.25) is 0 Å². The lowest BCUT2D eigenvalue weighted by Crippen LogP contribution is -2.44. The summed E-state index contributed by atoms with van der Waals surface area (Å²) in [6.45, 7) is 3.99. The van der Waals surface area contributed by atoms with E-state index in [9.17, 15) is 20.2 Å². The number of nitrogens with zero attached hydrogens (tertiary/aromatic N) is 2. The van der Waals surface area contributed by atoms with Crippen LogP contribution in [0.1, 0.15) is 25.0 Å². The molecule has 1 heterocycles. The number of carbonyl (C=O) groups excluding carboxylic acids is 1. The van der Waals surface area contributed by atoms with Crippen molar-refractivity contribution in [1.82, 2.24) is 5.32 Å². The van der Waals surface area contributed by atoms with Gasteiger partial charge in [0.2, 0.25) is 0 Å². The number of nitro benzene ring substituents is 1. The second-order valence-corrected chi connectivity index (χ2v) is 6.97. The minimum Gasteiger partial charge on any atom is -0.378 e. The second-order valence-electron chi connectivity index (χ2n) is 6.97. The monoisotopic (exact) mass is 362 g/mol. The van der Waals surface area contributed by atoms with Crippen LogP contribution in [-0.2, 0) is 11.2 Å². The first kappa shape index (κ1) is 18.1. The molecule has 1 aliphatic rings. The molecule has 0 fully saturated rings. The molecule has 136 valence electrons. The third-order valence-electron chi connectivity index (χ3n) is 4.29. The van der Waals surface area contributed by atoms with Crippen LogP contribution in [0, 0.1) is 21.4 Å². The van der Waals surface area contributed by atoms with E-state index in [2.05, 4.69) is 10.6 Å². The molecule has 0 atom stereocenters. The van der Waals surface area contributed by atoms with Crippen molar-refractivity contribution in [3.05, 3.63) is 75.3 Å². The van der Waals surface area contributed by atoms with E-state index in [-0.39, 0.29) is 22.5 Å². The molecule has 0 saturated carbocycles. The highest BCUT2D eigenvalue weighted by Gasteiger charge is 2.31. The zero-order chi connectivity index (χ0) is 19.6. The lowest BCUT2D eigenvalue weighted by molar-refractivity contribution is -0.384. The summed E-state index contributed by atoms with van der Waals surface area (Å²) < 4.78 is 0. The Morgan fingerprint density at radius 3 is 2.70 bits per heavy atom. The summed E-state index contributed by atoms with van der Waals surface area (Å²) in [6.07, 6.45) is 0.762. The number of non-ortho nitro benzene ring substituents is 1. The SMILES string of the molecule is CC1(C)Cc2ccccc2/C(=C(/C#N)C(=O)Nc2cccc([N+](=O)[O-])c2)N1. The maximum Gasteiger partial charge on any atom is 0.271 e. The van der Waals surface area contributed by atoms with Gasteiger partial charge in [-0.05, 0) is 31.9 Å². The third-order valence-corrected chi connectivity index (χ3v) is 4.29. The van der Waals surface area contributed by atoms with Crippen molar-refractivity contribution >= 4 is 23.0 Å². The molecule has 7 heteroatoms. The van der Waals surface area contributed by atoms with Gasteiger partial charge in [0.1, 0.15) is 11.6 Å². The van der Waals surface area contributed by atoms with Crippen molar-refractivity contribution in [3.63, 3.8) is 0 Å². The van der Waals surface area contributed by atoms with Gasteiger partial charge in [-0.2, -0.15) is 5.26 Å². The first-order valence-corrected chi connectivity index (χ1v) is 8.37. The Bertz CT molecular complexity index is 1000. The highest BCUT2D eigenvalue weighted by Crippen LogP contribution is 2.31. The first-order valence-electron chi connectivity index (χ1n) is 8.37. The number of anilines is 1. The molecule has 0 bridgehead atoms. The Labute approximate surface area is 156 Å². The van der Waals surface area contributed by atoms with Gasteiger partial charge in [-0.15, -0.1) is 0 Å². The molecule has 2 aromatic carbocycles. The summed E-state index contributed by atoms with van der Waals surface area (Å²) in [6, 6.07) is 15.2. The predicted octanol–water partition coefficient (Wildman–Crippen LogP) is 3.39. The maximum absolute atomic E-state index is 12.7. The summed E-state index contributed by atoms with van der Waals surface area (Å²) in [7, 11) is 0. The summed E-state index contributed by atoms with van der Waals surface area (Å²) in [5.41, 5.74) is 2.05. The molecule has 7 nitrogen and oxygen atoms in total. The van der Waals surface area contributed by atoms with Gasteiger partial charge in [-0.25, -0.2) is 0 Å². The fourth-order valence-electron chi connectivity index (χ4n) is 3.15. The summed E-state index contributed by atoms with van der Waals surface area (Å²) in [5.74, 6) is -0.618. The van der Waals surface area contributed by atoms with E-state index in [1.165, 1.54) is 24.3 Å². The minimum atomic E-state index is -0.618. The number of nitro groups is 1. The summed E-state index contributed by atoms with van der Waals surface area (Å²) >= 11 is 0. The Hall–Kier alpha value is -3.66. The first-order chi connectivity index (χ1) is 12.8. The standard InChI is InChI=1S/C20H18N4O3/c1-20(2)11-13-6-3-4-9-16(13)18(23-20)17(12-21)19(25)22-14-7-5-8-15(10-14)24(26)27/h3-10,23H,11H2,1-2H3,(H,22,25)/b18-17+. The van der Waals surface area contributed by atoms with Crippen LogP contribution < -0.4 is 10.6 Å². The van der Waals surface area contributed by atoms with Gasteiger partial charge < -0.3 is 10.6 Å². The molecule has 1 amide bonds. The topological polar surface area (TPSA) is 108 Å². The van der Waals surface area contributed by atoms with Crippen LogP contribution >= 0.6 is 0 Å². The largest absolute Gasteiger partial charge is 0.378 e. The van der Waals surface area contributed by atoms with Crippen LogP contribution in [0.3, 0.4) is 0 Å². The molecule has 0 spiro atoms. The molecule has 2 aromatic rings. The van der Waals surface area contributed by atoms with Crippen molar-refractivity contribution < 1.29 is 9.72 Å². The van der Waals surface area contributed by atoms with Gasteiger partial charge >= 0.3 is 0 Å². The lowest BCUT2D eigenvalue weighted by Gasteiger charge is -2.36. The number of nitriles is 1. The van der Waals surface area contributed by atoms with Crippen molar-refractivity contribution in [2.75, 3.05) is 5.32 Å².